The predicted octanol–water partition coefficient (Wildman–Crippen LogP) is 5.22. The number of carbonyl (C=O) groups excluding carboxylic acids is 2. The molecule has 9 nitrogen and oxygen atoms in total. The van der Waals surface area contributed by atoms with E-state index >= 15 is 0 Å². The largest absolute Gasteiger partial charge is 0.481 e. The lowest BCUT2D eigenvalue weighted by atomic mass is 9.63. The third-order valence-corrected chi connectivity index (χ3v) is 7.36. The van der Waals surface area contributed by atoms with Crippen LogP contribution in [-0.2, 0) is 24.1 Å². The van der Waals surface area contributed by atoms with Crippen LogP contribution < -0.4 is 10.6 Å². The van der Waals surface area contributed by atoms with Crippen LogP contribution in [0.15, 0.2) is 0 Å². The number of carbonyl (C=O) groups is 3. The zero-order valence-electron chi connectivity index (χ0n) is 23.8. The molecule has 214 valence electrons. The highest BCUT2D eigenvalue weighted by atomic mass is 17.2. The zero-order valence-corrected chi connectivity index (χ0v) is 23.8. The van der Waals surface area contributed by atoms with E-state index in [1.165, 1.54) is 0 Å². The Balaban J connectivity index is 1.83. The molecule has 2 rings (SSSR count). The molecular formula is C28H50N2O7. The van der Waals surface area contributed by atoms with Crippen molar-refractivity contribution in [1.82, 2.24) is 10.6 Å². The standard InChI is InChI=1S/C28H50N2O7/c1-19-14-20(2)17-28(16-19,25(33)29-12-7-13-30-26(34)35-27(4,5)6)18-21(3)36-37-23-10-8-22(9-11-23)15-24(31)32/h19-23H,7-18H2,1-6H3,(H,29,33)(H,30,34)(H,31,32)/t19?,20?,21?,22-,23+,28?. The number of carboxylic acids is 1. The van der Waals surface area contributed by atoms with Crippen molar-refractivity contribution in [3.8, 4) is 0 Å². The number of carboxylic acid groups (broad SMARTS) is 1. The minimum absolute atomic E-state index is 0.0288. The topological polar surface area (TPSA) is 123 Å². The molecule has 0 bridgehead atoms. The van der Waals surface area contributed by atoms with E-state index in [0.29, 0.717) is 37.8 Å². The molecule has 2 aliphatic rings. The van der Waals surface area contributed by atoms with Gasteiger partial charge in [-0.2, -0.15) is 0 Å². The average molecular weight is 527 g/mol. The molecule has 37 heavy (non-hydrogen) atoms. The molecule has 0 aromatic rings. The Hall–Kier alpha value is -1.87. The molecule has 2 amide bonds. The minimum atomic E-state index is -0.743. The molecule has 0 aromatic heterocycles. The van der Waals surface area contributed by atoms with Gasteiger partial charge in [0, 0.05) is 19.5 Å². The molecule has 0 aliphatic heterocycles. The lowest BCUT2D eigenvalue weighted by Gasteiger charge is -2.43. The molecule has 2 aliphatic carbocycles. The van der Waals surface area contributed by atoms with Crippen LogP contribution in [0.25, 0.3) is 0 Å². The highest BCUT2D eigenvalue weighted by Crippen LogP contribution is 2.46. The van der Waals surface area contributed by atoms with Gasteiger partial charge in [0.05, 0.1) is 17.6 Å². The Morgan fingerprint density at radius 1 is 1.00 bits per heavy atom. The van der Waals surface area contributed by atoms with E-state index in [4.69, 9.17) is 19.6 Å². The Kier molecular flexibility index (Phi) is 12.1. The predicted molar refractivity (Wildman–Crippen MR) is 141 cm³/mol. The molecule has 0 radical (unpaired) electrons. The van der Waals surface area contributed by atoms with Crippen molar-refractivity contribution in [2.24, 2.45) is 23.2 Å². The second kappa shape index (κ2) is 14.3. The fraction of sp³-hybridized carbons (Fsp3) is 0.893. The fourth-order valence-electron chi connectivity index (χ4n) is 6.13. The van der Waals surface area contributed by atoms with Gasteiger partial charge in [-0.25, -0.2) is 14.6 Å². The third kappa shape index (κ3) is 11.6. The molecule has 3 unspecified atom stereocenters. The summed E-state index contributed by atoms with van der Waals surface area (Å²) in [5, 5.41) is 14.8. The number of nitrogens with one attached hydrogen (secondary N) is 2. The number of rotatable bonds is 12. The molecule has 3 N–H and O–H groups in total. The van der Waals surface area contributed by atoms with Gasteiger partial charge in [0.2, 0.25) is 5.91 Å². The summed E-state index contributed by atoms with van der Waals surface area (Å²) in [4.78, 5) is 47.8. The van der Waals surface area contributed by atoms with Gasteiger partial charge in [-0.05, 0) is 103 Å². The molecule has 0 aromatic carbocycles. The Morgan fingerprint density at radius 3 is 2.16 bits per heavy atom. The Bertz CT molecular complexity index is 733. The lowest BCUT2D eigenvalue weighted by molar-refractivity contribution is -0.355. The van der Waals surface area contributed by atoms with Gasteiger partial charge in [-0.1, -0.05) is 13.8 Å². The van der Waals surface area contributed by atoms with Crippen molar-refractivity contribution >= 4 is 18.0 Å². The molecule has 0 spiro atoms. The van der Waals surface area contributed by atoms with Crippen LogP contribution in [-0.4, -0.2) is 54.0 Å². The monoisotopic (exact) mass is 526 g/mol. The highest BCUT2D eigenvalue weighted by molar-refractivity contribution is 5.82. The van der Waals surface area contributed by atoms with Crippen LogP contribution in [0.3, 0.4) is 0 Å². The van der Waals surface area contributed by atoms with Gasteiger partial charge in [0.15, 0.2) is 0 Å². The van der Waals surface area contributed by atoms with E-state index in [1.54, 1.807) is 0 Å². The summed E-state index contributed by atoms with van der Waals surface area (Å²) in [7, 11) is 0. The fourth-order valence-corrected chi connectivity index (χ4v) is 6.13. The smallest absolute Gasteiger partial charge is 0.407 e. The van der Waals surface area contributed by atoms with E-state index in [1.807, 2.05) is 27.7 Å². The molecular weight excluding hydrogens is 476 g/mol. The summed E-state index contributed by atoms with van der Waals surface area (Å²) in [5.41, 5.74) is -1.06. The molecule has 2 saturated carbocycles. The summed E-state index contributed by atoms with van der Waals surface area (Å²) >= 11 is 0. The van der Waals surface area contributed by atoms with Crippen LogP contribution >= 0.6 is 0 Å². The van der Waals surface area contributed by atoms with Crippen molar-refractivity contribution < 1.29 is 34.0 Å². The van der Waals surface area contributed by atoms with Gasteiger partial charge < -0.3 is 20.5 Å². The SMILES string of the molecule is CC1CC(C)CC(CC(C)OO[C@H]2CC[C@@H](CC(=O)O)CC2)(C(=O)NCCCNC(=O)OC(C)(C)C)C1. The number of ether oxygens (including phenoxy) is 1. The highest BCUT2D eigenvalue weighted by Gasteiger charge is 2.45. The molecule has 9 heteroatoms. The maximum absolute atomic E-state index is 13.5. The first-order valence-electron chi connectivity index (χ1n) is 14.1. The lowest BCUT2D eigenvalue weighted by Crippen LogP contribution is -2.48. The van der Waals surface area contributed by atoms with Gasteiger partial charge in [-0.15, -0.1) is 0 Å². The van der Waals surface area contributed by atoms with Gasteiger partial charge >= 0.3 is 12.1 Å². The zero-order chi connectivity index (χ0) is 27.6. The Labute approximate surface area is 222 Å². The van der Waals surface area contributed by atoms with Crippen molar-refractivity contribution in [3.63, 3.8) is 0 Å². The molecule has 0 saturated heterocycles. The van der Waals surface area contributed by atoms with E-state index in [-0.39, 0.29) is 30.5 Å². The minimum Gasteiger partial charge on any atom is -0.481 e. The summed E-state index contributed by atoms with van der Waals surface area (Å²) in [6.45, 7) is 12.7. The third-order valence-electron chi connectivity index (χ3n) is 7.36. The summed E-state index contributed by atoms with van der Waals surface area (Å²) in [6, 6.07) is 0. The summed E-state index contributed by atoms with van der Waals surface area (Å²) in [6.07, 6.45) is 6.68. The van der Waals surface area contributed by atoms with E-state index in [9.17, 15) is 14.4 Å². The first kappa shape index (κ1) is 31.3. The quantitative estimate of drug-likeness (QED) is 0.181. The maximum Gasteiger partial charge on any atom is 0.407 e. The second-order valence-electron chi connectivity index (χ2n) is 12.6. The van der Waals surface area contributed by atoms with Crippen molar-refractivity contribution in [2.75, 3.05) is 13.1 Å². The molecule has 2 fully saturated rings. The number of alkyl carbamates (subject to hydrolysis) is 1. The second-order valence-corrected chi connectivity index (χ2v) is 12.6. The van der Waals surface area contributed by atoms with Crippen molar-refractivity contribution in [3.05, 3.63) is 0 Å². The van der Waals surface area contributed by atoms with Crippen LogP contribution in [0.4, 0.5) is 4.79 Å². The maximum atomic E-state index is 13.5. The van der Waals surface area contributed by atoms with E-state index in [2.05, 4.69) is 24.5 Å². The van der Waals surface area contributed by atoms with Crippen LogP contribution in [0.2, 0.25) is 0 Å². The number of hydrogen-bond acceptors (Lipinski definition) is 6. The summed E-state index contributed by atoms with van der Waals surface area (Å²) in [5.74, 6) is 0.411. The first-order valence-corrected chi connectivity index (χ1v) is 14.1. The van der Waals surface area contributed by atoms with Gasteiger partial charge in [0.25, 0.3) is 0 Å². The van der Waals surface area contributed by atoms with Crippen LogP contribution in [0, 0.1) is 23.2 Å². The molecule has 3 atom stereocenters. The van der Waals surface area contributed by atoms with Crippen molar-refractivity contribution in [1.29, 1.82) is 0 Å². The molecule has 0 heterocycles. The van der Waals surface area contributed by atoms with Gasteiger partial charge in [-0.3, -0.25) is 9.59 Å². The van der Waals surface area contributed by atoms with Crippen LogP contribution in [0.1, 0.15) is 106 Å². The normalized spacial score (nSPS) is 29.2. The van der Waals surface area contributed by atoms with Crippen molar-refractivity contribution in [2.45, 2.75) is 124 Å². The first-order chi connectivity index (χ1) is 17.3. The van der Waals surface area contributed by atoms with Gasteiger partial charge in [0.1, 0.15) is 5.60 Å². The Morgan fingerprint density at radius 2 is 1.59 bits per heavy atom. The number of hydrogen-bond donors (Lipinski definition) is 3. The van der Waals surface area contributed by atoms with E-state index in [0.717, 1.165) is 44.9 Å². The average Bonchev–Trinajstić information content (AvgIpc) is 2.76. The summed E-state index contributed by atoms with van der Waals surface area (Å²) < 4.78 is 5.24. The van der Waals surface area contributed by atoms with E-state index < -0.39 is 23.1 Å². The number of aliphatic carboxylic acids is 1. The number of amides is 2. The van der Waals surface area contributed by atoms with Crippen LogP contribution in [0.5, 0.6) is 0 Å².